The number of aromatic nitrogens is 2. The highest BCUT2D eigenvalue weighted by molar-refractivity contribution is 5.74. The molecular formula is C18H26N4O2. The molecule has 0 unspecified atom stereocenters. The zero-order valence-corrected chi connectivity index (χ0v) is 14.2. The maximum absolute atomic E-state index is 12.9. The molecule has 1 atom stereocenters. The molecule has 0 saturated heterocycles. The molecule has 1 aliphatic rings. The summed E-state index contributed by atoms with van der Waals surface area (Å²) >= 11 is 0. The molecule has 2 aromatic heterocycles. The molecule has 0 bridgehead atoms. The third-order valence-corrected chi connectivity index (χ3v) is 4.62. The minimum atomic E-state index is 0.00992. The maximum Gasteiger partial charge on any atom is 0.318 e. The van der Waals surface area contributed by atoms with Gasteiger partial charge < -0.3 is 19.2 Å². The Balaban J connectivity index is 1.63. The molecule has 0 aromatic carbocycles. The van der Waals surface area contributed by atoms with Crippen molar-refractivity contribution in [3.8, 4) is 0 Å². The lowest BCUT2D eigenvalue weighted by Gasteiger charge is -2.35. The molecule has 0 aliphatic heterocycles. The summed E-state index contributed by atoms with van der Waals surface area (Å²) in [4.78, 5) is 18.9. The van der Waals surface area contributed by atoms with Gasteiger partial charge in [0, 0.05) is 36.6 Å². The molecule has 2 amide bonds. The molecule has 130 valence electrons. The summed E-state index contributed by atoms with van der Waals surface area (Å²) in [6, 6.07) is 2.30. The van der Waals surface area contributed by atoms with Crippen molar-refractivity contribution in [2.45, 2.75) is 64.2 Å². The van der Waals surface area contributed by atoms with E-state index in [-0.39, 0.29) is 12.1 Å². The maximum atomic E-state index is 12.9. The van der Waals surface area contributed by atoms with Crippen LogP contribution in [0.25, 0.3) is 0 Å². The van der Waals surface area contributed by atoms with Crippen LogP contribution in [-0.2, 0) is 13.1 Å². The highest BCUT2D eigenvalue weighted by Gasteiger charge is 2.26. The van der Waals surface area contributed by atoms with E-state index in [1.165, 1.54) is 19.3 Å². The number of amides is 2. The molecular weight excluding hydrogens is 304 g/mol. The molecule has 1 saturated carbocycles. The summed E-state index contributed by atoms with van der Waals surface area (Å²) in [5.41, 5.74) is 1.04. The number of rotatable bonds is 6. The van der Waals surface area contributed by atoms with Crippen LogP contribution in [0.15, 0.2) is 41.7 Å². The summed E-state index contributed by atoms with van der Waals surface area (Å²) in [5, 5.41) is 3.14. The third kappa shape index (κ3) is 4.40. The normalized spacial score (nSPS) is 16.7. The van der Waals surface area contributed by atoms with Gasteiger partial charge in [0.05, 0.1) is 25.4 Å². The largest absolute Gasteiger partial charge is 0.472 e. The average Bonchev–Trinajstić information content (AvgIpc) is 3.27. The SMILES string of the molecule is C[C@@H](Cn1ccnc1)NC(=O)N(Cc1ccoc1)C1CCCCC1. The number of nitrogens with one attached hydrogen (secondary N) is 1. The minimum absolute atomic E-state index is 0.00992. The van der Waals surface area contributed by atoms with Gasteiger partial charge in [-0.2, -0.15) is 0 Å². The van der Waals surface area contributed by atoms with Crippen molar-refractivity contribution in [2.75, 3.05) is 0 Å². The first-order chi connectivity index (χ1) is 11.7. The van der Waals surface area contributed by atoms with Crippen LogP contribution in [0.5, 0.6) is 0 Å². The number of hydrogen-bond donors (Lipinski definition) is 1. The van der Waals surface area contributed by atoms with Crippen LogP contribution in [-0.4, -0.2) is 32.6 Å². The molecule has 1 N–H and O–H groups in total. The lowest BCUT2D eigenvalue weighted by atomic mass is 9.94. The molecule has 24 heavy (non-hydrogen) atoms. The summed E-state index contributed by atoms with van der Waals surface area (Å²) in [5.74, 6) is 0. The molecule has 1 fully saturated rings. The van der Waals surface area contributed by atoms with Crippen molar-refractivity contribution in [2.24, 2.45) is 0 Å². The van der Waals surface area contributed by atoms with E-state index in [1.807, 2.05) is 28.7 Å². The van der Waals surface area contributed by atoms with Crippen molar-refractivity contribution in [3.63, 3.8) is 0 Å². The van der Waals surface area contributed by atoms with Gasteiger partial charge in [0.25, 0.3) is 0 Å². The van der Waals surface area contributed by atoms with Crippen molar-refractivity contribution in [1.29, 1.82) is 0 Å². The number of carbonyl (C=O) groups excluding carboxylic acids is 1. The molecule has 6 nitrogen and oxygen atoms in total. The number of imidazole rings is 1. The first-order valence-corrected chi connectivity index (χ1v) is 8.76. The molecule has 3 rings (SSSR count). The second kappa shape index (κ2) is 8.04. The molecule has 1 aliphatic carbocycles. The van der Waals surface area contributed by atoms with Crippen molar-refractivity contribution >= 4 is 6.03 Å². The van der Waals surface area contributed by atoms with Gasteiger partial charge in [-0.25, -0.2) is 9.78 Å². The van der Waals surface area contributed by atoms with Gasteiger partial charge >= 0.3 is 6.03 Å². The van der Waals surface area contributed by atoms with Crippen LogP contribution >= 0.6 is 0 Å². The Morgan fingerprint density at radius 3 is 2.96 bits per heavy atom. The van der Waals surface area contributed by atoms with E-state index in [9.17, 15) is 4.79 Å². The fourth-order valence-electron chi connectivity index (χ4n) is 3.39. The van der Waals surface area contributed by atoms with Gasteiger partial charge in [0.2, 0.25) is 0 Å². The number of urea groups is 1. The quantitative estimate of drug-likeness (QED) is 0.883. The Kier molecular flexibility index (Phi) is 5.56. The topological polar surface area (TPSA) is 63.3 Å². The van der Waals surface area contributed by atoms with E-state index >= 15 is 0 Å². The lowest BCUT2D eigenvalue weighted by molar-refractivity contribution is 0.147. The van der Waals surface area contributed by atoms with Gasteiger partial charge in [-0.15, -0.1) is 0 Å². The zero-order valence-electron chi connectivity index (χ0n) is 14.2. The van der Waals surface area contributed by atoms with Crippen molar-refractivity contribution in [1.82, 2.24) is 19.8 Å². The summed E-state index contributed by atoms with van der Waals surface area (Å²) in [6.07, 6.45) is 14.7. The second-order valence-corrected chi connectivity index (χ2v) is 6.66. The number of nitrogens with zero attached hydrogens (tertiary/aromatic N) is 3. The minimum Gasteiger partial charge on any atom is -0.472 e. The monoisotopic (exact) mass is 330 g/mol. The van der Waals surface area contributed by atoms with E-state index in [2.05, 4.69) is 10.3 Å². The first kappa shape index (κ1) is 16.6. The van der Waals surface area contributed by atoms with Crippen LogP contribution in [0.3, 0.4) is 0 Å². The Morgan fingerprint density at radius 2 is 2.29 bits per heavy atom. The predicted octanol–water partition coefficient (Wildman–Crippen LogP) is 3.41. The van der Waals surface area contributed by atoms with Crippen molar-refractivity contribution < 1.29 is 9.21 Å². The van der Waals surface area contributed by atoms with Gasteiger partial charge in [-0.05, 0) is 25.8 Å². The fourth-order valence-corrected chi connectivity index (χ4v) is 3.39. The van der Waals surface area contributed by atoms with Crippen LogP contribution in [0, 0.1) is 0 Å². The predicted molar refractivity (Wildman–Crippen MR) is 91.3 cm³/mol. The van der Waals surface area contributed by atoms with Gasteiger partial charge in [-0.1, -0.05) is 19.3 Å². The first-order valence-electron chi connectivity index (χ1n) is 8.76. The van der Waals surface area contributed by atoms with E-state index in [4.69, 9.17) is 4.42 Å². The Bertz CT molecular complexity index is 603. The second-order valence-electron chi connectivity index (χ2n) is 6.66. The molecule has 2 heterocycles. The number of carbonyl (C=O) groups is 1. The van der Waals surface area contributed by atoms with Crippen LogP contribution < -0.4 is 5.32 Å². The van der Waals surface area contributed by atoms with Crippen molar-refractivity contribution in [3.05, 3.63) is 42.9 Å². The van der Waals surface area contributed by atoms with Crippen LogP contribution in [0.2, 0.25) is 0 Å². The van der Waals surface area contributed by atoms with E-state index in [0.29, 0.717) is 12.6 Å². The van der Waals surface area contributed by atoms with E-state index in [0.717, 1.165) is 24.9 Å². The van der Waals surface area contributed by atoms with Gasteiger partial charge in [0.15, 0.2) is 0 Å². The Labute approximate surface area is 142 Å². The molecule has 0 spiro atoms. The number of hydrogen-bond acceptors (Lipinski definition) is 3. The zero-order chi connectivity index (χ0) is 16.8. The highest BCUT2D eigenvalue weighted by Crippen LogP contribution is 2.24. The summed E-state index contributed by atoms with van der Waals surface area (Å²) in [6.45, 7) is 3.34. The lowest BCUT2D eigenvalue weighted by Crippen LogP contribution is -2.49. The Morgan fingerprint density at radius 1 is 1.46 bits per heavy atom. The molecule has 0 radical (unpaired) electrons. The number of furan rings is 1. The summed E-state index contributed by atoms with van der Waals surface area (Å²) in [7, 11) is 0. The third-order valence-electron chi connectivity index (χ3n) is 4.62. The fraction of sp³-hybridized carbons (Fsp3) is 0.556. The van der Waals surface area contributed by atoms with Gasteiger partial charge in [-0.3, -0.25) is 0 Å². The van der Waals surface area contributed by atoms with Crippen LogP contribution in [0.4, 0.5) is 4.79 Å². The van der Waals surface area contributed by atoms with E-state index in [1.54, 1.807) is 25.1 Å². The smallest absolute Gasteiger partial charge is 0.318 e. The average molecular weight is 330 g/mol. The van der Waals surface area contributed by atoms with Crippen LogP contribution in [0.1, 0.15) is 44.6 Å². The van der Waals surface area contributed by atoms with Gasteiger partial charge in [0.1, 0.15) is 0 Å². The molecule has 6 heteroatoms. The standard InChI is InChI=1S/C18H26N4O2/c1-15(11-21-9-8-19-14-21)20-18(23)22(12-16-7-10-24-13-16)17-5-3-2-4-6-17/h7-10,13-15,17H,2-6,11-12H2,1H3,(H,20,23)/t15-/m0/s1. The van der Waals surface area contributed by atoms with E-state index < -0.39 is 0 Å². The molecule has 2 aromatic rings. The summed E-state index contributed by atoms with van der Waals surface area (Å²) < 4.78 is 7.14. The highest BCUT2D eigenvalue weighted by atomic mass is 16.3. The Hall–Kier alpha value is -2.24.